The highest BCUT2D eigenvalue weighted by Crippen LogP contribution is 2.32. The molecule has 5 heteroatoms. The van der Waals surface area contributed by atoms with Gasteiger partial charge >= 0.3 is 0 Å². The number of nitrogens with one attached hydrogen (secondary N) is 1. The molecule has 1 heterocycles. The van der Waals surface area contributed by atoms with Crippen LogP contribution in [0.1, 0.15) is 18.4 Å². The first-order valence-electron chi connectivity index (χ1n) is 6.45. The van der Waals surface area contributed by atoms with Gasteiger partial charge in [0.05, 0.1) is 12.1 Å². The second kappa shape index (κ2) is 4.57. The fourth-order valence-electron chi connectivity index (χ4n) is 2.12. The molecule has 0 spiro atoms. The van der Waals surface area contributed by atoms with Gasteiger partial charge in [0.1, 0.15) is 5.75 Å². The molecular weight excluding hydrogens is 244 g/mol. The molecule has 1 saturated carbocycles. The Kier molecular flexibility index (Phi) is 2.89. The van der Waals surface area contributed by atoms with Crippen molar-refractivity contribution in [3.8, 4) is 5.75 Å². The molecule has 1 aliphatic carbocycles. The molecule has 5 nitrogen and oxygen atoms in total. The highest BCUT2D eigenvalue weighted by molar-refractivity contribution is 5.97. The predicted molar refractivity (Wildman–Crippen MR) is 70.2 cm³/mol. The van der Waals surface area contributed by atoms with Crippen molar-refractivity contribution < 1.29 is 14.3 Å². The first-order chi connectivity index (χ1) is 9.13. The second-order valence-electron chi connectivity index (χ2n) is 5.06. The van der Waals surface area contributed by atoms with Gasteiger partial charge in [0.2, 0.25) is 5.91 Å². The molecule has 1 aromatic rings. The van der Waals surface area contributed by atoms with Crippen LogP contribution in [0.15, 0.2) is 18.2 Å². The minimum absolute atomic E-state index is 0.0353. The van der Waals surface area contributed by atoms with Gasteiger partial charge in [-0.3, -0.25) is 9.59 Å². The van der Waals surface area contributed by atoms with E-state index < -0.39 is 0 Å². The number of rotatable bonds is 3. The molecular formula is C14H16N2O3. The molecule has 1 aromatic carbocycles. The number of ether oxygens (including phenoxy) is 1. The van der Waals surface area contributed by atoms with E-state index in [4.69, 9.17) is 4.74 Å². The monoisotopic (exact) mass is 260 g/mol. The molecule has 19 heavy (non-hydrogen) atoms. The molecule has 2 amide bonds. The van der Waals surface area contributed by atoms with Crippen LogP contribution < -0.4 is 15.0 Å². The normalized spacial score (nSPS) is 17.7. The zero-order valence-corrected chi connectivity index (χ0v) is 10.8. The summed E-state index contributed by atoms with van der Waals surface area (Å²) in [6.45, 7) is 0.0744. The van der Waals surface area contributed by atoms with Crippen molar-refractivity contribution in [1.29, 1.82) is 0 Å². The lowest BCUT2D eigenvalue weighted by Gasteiger charge is -2.26. The molecule has 0 saturated heterocycles. The van der Waals surface area contributed by atoms with Gasteiger partial charge < -0.3 is 15.0 Å². The van der Waals surface area contributed by atoms with Gasteiger partial charge in [-0.15, -0.1) is 0 Å². The number of hydrogen-bond donors (Lipinski definition) is 1. The SMILES string of the molecule is CN1C(=O)COc2ccc(CC(=O)NC3CC3)cc21. The van der Waals surface area contributed by atoms with Crippen LogP contribution in [-0.2, 0) is 16.0 Å². The first kappa shape index (κ1) is 12.0. The van der Waals surface area contributed by atoms with Gasteiger partial charge in [-0.1, -0.05) is 6.07 Å². The number of amides is 2. The topological polar surface area (TPSA) is 58.6 Å². The highest BCUT2D eigenvalue weighted by Gasteiger charge is 2.25. The molecule has 0 bridgehead atoms. The average Bonchev–Trinajstić information content (AvgIpc) is 3.18. The van der Waals surface area contributed by atoms with Crippen molar-refractivity contribution in [2.75, 3.05) is 18.6 Å². The summed E-state index contributed by atoms with van der Waals surface area (Å²) in [6, 6.07) is 5.91. The molecule has 1 fully saturated rings. The maximum atomic E-state index is 11.8. The van der Waals surface area contributed by atoms with Crippen LogP contribution in [0.5, 0.6) is 5.75 Å². The maximum absolute atomic E-state index is 11.8. The lowest BCUT2D eigenvalue weighted by molar-refractivity contribution is -0.121. The minimum Gasteiger partial charge on any atom is -0.482 e. The first-order valence-corrected chi connectivity index (χ1v) is 6.45. The number of anilines is 1. The smallest absolute Gasteiger partial charge is 0.264 e. The molecule has 3 rings (SSSR count). The van der Waals surface area contributed by atoms with Crippen LogP contribution in [-0.4, -0.2) is 31.5 Å². The van der Waals surface area contributed by atoms with E-state index in [1.165, 1.54) is 0 Å². The van der Waals surface area contributed by atoms with Gasteiger partial charge in [0, 0.05) is 13.1 Å². The molecule has 0 aromatic heterocycles. The van der Waals surface area contributed by atoms with E-state index in [0.717, 1.165) is 24.1 Å². The molecule has 0 unspecified atom stereocenters. The predicted octanol–water partition coefficient (Wildman–Crippen LogP) is 0.863. The highest BCUT2D eigenvalue weighted by atomic mass is 16.5. The van der Waals surface area contributed by atoms with Crippen molar-refractivity contribution in [1.82, 2.24) is 5.32 Å². The van der Waals surface area contributed by atoms with Crippen molar-refractivity contribution in [3.63, 3.8) is 0 Å². The van der Waals surface area contributed by atoms with E-state index in [0.29, 0.717) is 18.2 Å². The van der Waals surface area contributed by atoms with Crippen LogP contribution in [0.2, 0.25) is 0 Å². The number of likely N-dealkylation sites (N-methyl/N-ethyl adjacent to an activating group) is 1. The molecule has 0 atom stereocenters. The lowest BCUT2D eigenvalue weighted by Crippen LogP contribution is -2.35. The average molecular weight is 260 g/mol. The van der Waals surface area contributed by atoms with Gasteiger partial charge in [0.15, 0.2) is 6.61 Å². The number of carbonyl (C=O) groups excluding carboxylic acids is 2. The third kappa shape index (κ3) is 2.54. The van der Waals surface area contributed by atoms with E-state index in [1.54, 1.807) is 11.9 Å². The summed E-state index contributed by atoms with van der Waals surface area (Å²) in [5, 5.41) is 2.95. The van der Waals surface area contributed by atoms with E-state index in [-0.39, 0.29) is 18.4 Å². The molecule has 100 valence electrons. The maximum Gasteiger partial charge on any atom is 0.264 e. The van der Waals surface area contributed by atoms with Crippen LogP contribution in [0.3, 0.4) is 0 Å². The number of hydrogen-bond acceptors (Lipinski definition) is 3. The largest absolute Gasteiger partial charge is 0.482 e. The van der Waals surface area contributed by atoms with Crippen LogP contribution in [0.4, 0.5) is 5.69 Å². The quantitative estimate of drug-likeness (QED) is 0.877. The van der Waals surface area contributed by atoms with E-state index in [1.807, 2.05) is 18.2 Å². The number of nitrogens with zero attached hydrogens (tertiary/aromatic N) is 1. The van der Waals surface area contributed by atoms with Crippen LogP contribution in [0, 0.1) is 0 Å². The zero-order valence-electron chi connectivity index (χ0n) is 10.8. The fourth-order valence-corrected chi connectivity index (χ4v) is 2.12. The second-order valence-corrected chi connectivity index (χ2v) is 5.06. The van der Waals surface area contributed by atoms with E-state index >= 15 is 0 Å². The zero-order chi connectivity index (χ0) is 13.4. The van der Waals surface area contributed by atoms with Crippen molar-refractivity contribution >= 4 is 17.5 Å². The third-order valence-corrected chi connectivity index (χ3v) is 3.42. The third-order valence-electron chi connectivity index (χ3n) is 3.42. The van der Waals surface area contributed by atoms with Gasteiger partial charge in [-0.25, -0.2) is 0 Å². The van der Waals surface area contributed by atoms with Crippen molar-refractivity contribution in [2.45, 2.75) is 25.3 Å². The van der Waals surface area contributed by atoms with Crippen molar-refractivity contribution in [2.24, 2.45) is 0 Å². The Bertz CT molecular complexity index is 537. The van der Waals surface area contributed by atoms with E-state index in [9.17, 15) is 9.59 Å². The summed E-state index contributed by atoms with van der Waals surface area (Å²) in [4.78, 5) is 24.9. The lowest BCUT2D eigenvalue weighted by atomic mass is 10.1. The Labute approximate surface area is 111 Å². The fraction of sp³-hybridized carbons (Fsp3) is 0.429. The van der Waals surface area contributed by atoms with Crippen molar-refractivity contribution in [3.05, 3.63) is 23.8 Å². The summed E-state index contributed by atoms with van der Waals surface area (Å²) in [5.74, 6) is 0.647. The van der Waals surface area contributed by atoms with Gasteiger partial charge in [0.25, 0.3) is 5.91 Å². The Hall–Kier alpha value is -2.04. The number of fused-ring (bicyclic) bond motifs is 1. The standard InChI is InChI=1S/C14H16N2O3/c1-16-11-6-9(7-13(17)15-10-3-4-10)2-5-12(11)19-8-14(16)18/h2,5-6,10H,3-4,7-8H2,1H3,(H,15,17). The summed E-state index contributed by atoms with van der Waals surface area (Å²) in [7, 11) is 1.72. The summed E-state index contributed by atoms with van der Waals surface area (Å²) in [5.41, 5.74) is 1.62. The molecule has 0 radical (unpaired) electrons. The molecule has 1 aliphatic heterocycles. The minimum atomic E-state index is -0.0768. The Morgan fingerprint density at radius 3 is 3.00 bits per heavy atom. The summed E-state index contributed by atoms with van der Waals surface area (Å²) in [6.07, 6.45) is 2.51. The Balaban J connectivity index is 1.76. The van der Waals surface area contributed by atoms with Crippen LogP contribution >= 0.6 is 0 Å². The number of carbonyl (C=O) groups is 2. The van der Waals surface area contributed by atoms with E-state index in [2.05, 4.69) is 5.32 Å². The summed E-state index contributed by atoms with van der Waals surface area (Å²) < 4.78 is 5.35. The Morgan fingerprint density at radius 2 is 2.26 bits per heavy atom. The summed E-state index contributed by atoms with van der Waals surface area (Å²) >= 11 is 0. The molecule has 2 aliphatic rings. The van der Waals surface area contributed by atoms with Gasteiger partial charge in [-0.05, 0) is 30.5 Å². The molecule has 1 N–H and O–H groups in total. The van der Waals surface area contributed by atoms with Gasteiger partial charge in [-0.2, -0.15) is 0 Å². The Morgan fingerprint density at radius 1 is 1.47 bits per heavy atom. The van der Waals surface area contributed by atoms with Crippen LogP contribution in [0.25, 0.3) is 0 Å². The number of benzene rings is 1.